The zero-order valence-electron chi connectivity index (χ0n) is 15.9. The summed E-state index contributed by atoms with van der Waals surface area (Å²) in [7, 11) is 1.58. The first-order chi connectivity index (χ1) is 12.9. The van der Waals surface area contributed by atoms with E-state index in [4.69, 9.17) is 9.47 Å². The molecule has 142 valence electrons. The van der Waals surface area contributed by atoms with Gasteiger partial charge >= 0.3 is 0 Å². The van der Waals surface area contributed by atoms with Gasteiger partial charge in [0.25, 0.3) is 11.8 Å². The topological polar surface area (TPSA) is 76.7 Å². The van der Waals surface area contributed by atoms with E-state index >= 15 is 0 Å². The lowest BCUT2D eigenvalue weighted by Gasteiger charge is -2.17. The Morgan fingerprint density at radius 3 is 2.56 bits per heavy atom. The number of rotatable bonds is 6. The van der Waals surface area contributed by atoms with Crippen LogP contribution in [0.2, 0.25) is 0 Å². The molecule has 0 aliphatic rings. The molecule has 2 aromatic rings. The zero-order valence-corrected chi connectivity index (χ0v) is 15.9. The van der Waals surface area contributed by atoms with E-state index in [2.05, 4.69) is 10.9 Å². The number of aryl methyl sites for hydroxylation is 1. The van der Waals surface area contributed by atoms with E-state index in [0.717, 1.165) is 16.7 Å². The molecule has 0 saturated carbocycles. The van der Waals surface area contributed by atoms with E-state index in [0.29, 0.717) is 11.5 Å². The van der Waals surface area contributed by atoms with Crippen molar-refractivity contribution >= 4 is 17.9 Å². The van der Waals surface area contributed by atoms with Gasteiger partial charge in [0.1, 0.15) is 11.5 Å². The average molecular weight is 368 g/mol. The predicted octanol–water partition coefficient (Wildman–Crippen LogP) is 2.94. The molecule has 1 unspecified atom stereocenters. The highest BCUT2D eigenvalue weighted by atomic mass is 16.5. The molecule has 0 fully saturated rings. The number of nitrogens with one attached hydrogen (secondary N) is 2. The van der Waals surface area contributed by atoms with Gasteiger partial charge in [-0.2, -0.15) is 0 Å². The Labute approximate surface area is 159 Å². The summed E-state index contributed by atoms with van der Waals surface area (Å²) in [5.41, 5.74) is 7.56. The highest BCUT2D eigenvalue weighted by Gasteiger charge is 2.16. The van der Waals surface area contributed by atoms with Crippen LogP contribution in [0.25, 0.3) is 6.08 Å². The predicted molar refractivity (Wildman–Crippen MR) is 104 cm³/mol. The lowest BCUT2D eigenvalue weighted by molar-refractivity contribution is -0.131. The van der Waals surface area contributed by atoms with Crippen molar-refractivity contribution in [3.05, 3.63) is 65.2 Å². The van der Waals surface area contributed by atoms with E-state index in [1.165, 1.54) is 6.08 Å². The van der Waals surface area contributed by atoms with Gasteiger partial charge in [0.05, 0.1) is 7.11 Å². The third-order valence-corrected chi connectivity index (χ3v) is 4.06. The van der Waals surface area contributed by atoms with Gasteiger partial charge in [-0.25, -0.2) is 0 Å². The van der Waals surface area contributed by atoms with E-state index in [-0.39, 0.29) is 0 Å². The van der Waals surface area contributed by atoms with E-state index in [9.17, 15) is 9.59 Å². The number of ether oxygens (including phenoxy) is 2. The fourth-order valence-electron chi connectivity index (χ4n) is 2.28. The van der Waals surface area contributed by atoms with Gasteiger partial charge in [-0.3, -0.25) is 20.4 Å². The maximum Gasteiger partial charge on any atom is 0.279 e. The van der Waals surface area contributed by atoms with Crippen molar-refractivity contribution in [3.63, 3.8) is 0 Å². The summed E-state index contributed by atoms with van der Waals surface area (Å²) in [5.74, 6) is 0.439. The molecule has 0 bridgehead atoms. The second-order valence-corrected chi connectivity index (χ2v) is 6.05. The lowest BCUT2D eigenvalue weighted by Crippen LogP contribution is -2.46. The van der Waals surface area contributed by atoms with E-state index in [1.54, 1.807) is 26.2 Å². The van der Waals surface area contributed by atoms with Crippen molar-refractivity contribution in [2.45, 2.75) is 26.9 Å². The maximum absolute atomic E-state index is 12.1. The van der Waals surface area contributed by atoms with Crippen molar-refractivity contribution in [1.82, 2.24) is 10.9 Å². The van der Waals surface area contributed by atoms with Gasteiger partial charge in [-0.1, -0.05) is 24.3 Å². The molecule has 0 aliphatic carbocycles. The smallest absolute Gasteiger partial charge is 0.279 e. The molecule has 2 N–H and O–H groups in total. The molecule has 0 aromatic heterocycles. The molecule has 27 heavy (non-hydrogen) atoms. The van der Waals surface area contributed by atoms with Gasteiger partial charge in [-0.15, -0.1) is 0 Å². The number of hydrogen-bond acceptors (Lipinski definition) is 4. The summed E-state index contributed by atoms with van der Waals surface area (Å²) in [5, 5.41) is 0. The highest BCUT2D eigenvalue weighted by molar-refractivity contribution is 5.93. The SMILES string of the molecule is COc1cccc(/C=C/C(=O)NNC(=O)C(C)Oc2cccc(C)c2C)c1. The van der Waals surface area contributed by atoms with Crippen LogP contribution in [0.15, 0.2) is 48.5 Å². The Bertz CT molecular complexity index is 846. The monoisotopic (exact) mass is 368 g/mol. The van der Waals surface area contributed by atoms with Crippen molar-refractivity contribution in [2.75, 3.05) is 7.11 Å². The normalized spacial score (nSPS) is 11.7. The third kappa shape index (κ3) is 5.88. The molecule has 6 heteroatoms. The summed E-state index contributed by atoms with van der Waals surface area (Å²) in [4.78, 5) is 24.0. The summed E-state index contributed by atoms with van der Waals surface area (Å²) in [6.45, 7) is 5.53. The fourth-order valence-corrected chi connectivity index (χ4v) is 2.28. The summed E-state index contributed by atoms with van der Waals surface area (Å²) >= 11 is 0. The van der Waals surface area contributed by atoms with Crippen molar-refractivity contribution < 1.29 is 19.1 Å². The van der Waals surface area contributed by atoms with Gasteiger partial charge in [-0.05, 0) is 61.7 Å². The van der Waals surface area contributed by atoms with Gasteiger partial charge in [0.2, 0.25) is 0 Å². The number of carbonyl (C=O) groups is 2. The maximum atomic E-state index is 12.1. The van der Waals surface area contributed by atoms with Crippen LogP contribution in [-0.2, 0) is 9.59 Å². The molecular weight excluding hydrogens is 344 g/mol. The molecule has 0 spiro atoms. The molecule has 6 nitrogen and oxygen atoms in total. The Morgan fingerprint density at radius 2 is 1.81 bits per heavy atom. The summed E-state index contributed by atoms with van der Waals surface area (Å²) in [6.07, 6.45) is 2.19. The Balaban J connectivity index is 1.85. The molecule has 2 aromatic carbocycles. The van der Waals surface area contributed by atoms with Crippen molar-refractivity contribution in [2.24, 2.45) is 0 Å². The average Bonchev–Trinajstić information content (AvgIpc) is 2.68. The zero-order chi connectivity index (χ0) is 19.8. The molecule has 0 saturated heterocycles. The van der Waals surface area contributed by atoms with Crippen LogP contribution in [0.5, 0.6) is 11.5 Å². The first kappa shape index (κ1) is 20.0. The van der Waals surface area contributed by atoms with Gasteiger partial charge in [0, 0.05) is 6.08 Å². The van der Waals surface area contributed by atoms with Crippen LogP contribution in [-0.4, -0.2) is 25.0 Å². The fraction of sp³-hybridized carbons (Fsp3) is 0.238. The van der Waals surface area contributed by atoms with Crippen molar-refractivity contribution in [1.29, 1.82) is 0 Å². The number of benzene rings is 2. The molecule has 0 heterocycles. The molecule has 1 atom stereocenters. The summed E-state index contributed by atoms with van der Waals surface area (Å²) < 4.78 is 10.8. The third-order valence-electron chi connectivity index (χ3n) is 4.06. The van der Waals surface area contributed by atoms with Crippen LogP contribution in [0.3, 0.4) is 0 Å². The van der Waals surface area contributed by atoms with Crippen molar-refractivity contribution in [3.8, 4) is 11.5 Å². The van der Waals surface area contributed by atoms with Crippen LogP contribution in [0.1, 0.15) is 23.6 Å². The first-order valence-corrected chi connectivity index (χ1v) is 8.55. The van der Waals surface area contributed by atoms with Crippen LogP contribution < -0.4 is 20.3 Å². The number of methoxy groups -OCH3 is 1. The molecule has 0 radical (unpaired) electrons. The second kappa shape index (κ2) is 9.43. The van der Waals surface area contributed by atoms with Gasteiger partial charge in [0.15, 0.2) is 6.10 Å². The largest absolute Gasteiger partial charge is 0.497 e. The van der Waals surface area contributed by atoms with Crippen LogP contribution in [0.4, 0.5) is 0 Å². The van der Waals surface area contributed by atoms with Gasteiger partial charge < -0.3 is 9.47 Å². The number of amides is 2. The standard InChI is InChI=1S/C21H24N2O4/c1-14-7-5-10-19(15(14)2)27-16(3)21(25)23-22-20(24)12-11-17-8-6-9-18(13-17)26-4/h5-13,16H,1-4H3,(H,22,24)(H,23,25)/b12-11+. The molecule has 2 rings (SSSR count). The Hall–Kier alpha value is -3.28. The van der Waals surface area contributed by atoms with E-state index in [1.807, 2.05) is 50.2 Å². The number of carbonyl (C=O) groups excluding carboxylic acids is 2. The first-order valence-electron chi connectivity index (χ1n) is 8.55. The minimum atomic E-state index is -0.756. The minimum Gasteiger partial charge on any atom is -0.497 e. The summed E-state index contributed by atoms with van der Waals surface area (Å²) in [6, 6.07) is 12.9. The quantitative estimate of drug-likeness (QED) is 0.607. The van der Waals surface area contributed by atoms with E-state index < -0.39 is 17.9 Å². The highest BCUT2D eigenvalue weighted by Crippen LogP contribution is 2.21. The Morgan fingerprint density at radius 1 is 1.07 bits per heavy atom. The molecular formula is C21H24N2O4. The van der Waals surface area contributed by atoms with Crippen LogP contribution >= 0.6 is 0 Å². The number of hydrazine groups is 1. The molecule has 2 amide bonds. The molecule has 0 aliphatic heterocycles. The number of hydrogen-bond donors (Lipinski definition) is 2. The van der Waals surface area contributed by atoms with Crippen LogP contribution in [0, 0.1) is 13.8 Å². The lowest BCUT2D eigenvalue weighted by atomic mass is 10.1. The minimum absolute atomic E-state index is 0.445. The Kier molecular flexibility index (Phi) is 7.00. The second-order valence-electron chi connectivity index (χ2n) is 6.05.